The fraction of sp³-hybridized carbons (Fsp3) is 0.115. The van der Waals surface area contributed by atoms with E-state index in [0.717, 1.165) is 32.0 Å². The zero-order valence-electron chi connectivity index (χ0n) is 17.0. The molecule has 3 aromatic carbocycles. The van der Waals surface area contributed by atoms with E-state index in [1.165, 1.54) is 18.2 Å². The number of carbonyl (C=O) groups excluding carboxylic acids is 1. The summed E-state index contributed by atoms with van der Waals surface area (Å²) in [6.45, 7) is 4.16. The van der Waals surface area contributed by atoms with Crippen molar-refractivity contribution in [2.75, 3.05) is 7.11 Å². The molecule has 0 unspecified atom stereocenters. The van der Waals surface area contributed by atoms with Crippen molar-refractivity contribution in [1.82, 2.24) is 0 Å². The van der Waals surface area contributed by atoms with Crippen LogP contribution in [0.15, 0.2) is 72.8 Å². The lowest BCUT2D eigenvalue weighted by Crippen LogP contribution is -2.03. The fourth-order valence-corrected chi connectivity index (χ4v) is 4.76. The predicted octanol–water partition coefficient (Wildman–Crippen LogP) is 7.81. The van der Waals surface area contributed by atoms with Crippen molar-refractivity contribution in [1.29, 1.82) is 0 Å². The van der Waals surface area contributed by atoms with E-state index in [4.69, 9.17) is 16.3 Å². The van der Waals surface area contributed by atoms with Crippen molar-refractivity contribution in [3.05, 3.63) is 94.5 Å². The van der Waals surface area contributed by atoms with Gasteiger partial charge in [0.2, 0.25) is 0 Å². The minimum atomic E-state index is -0.398. The van der Waals surface area contributed by atoms with Gasteiger partial charge in [-0.2, -0.15) is 0 Å². The Morgan fingerprint density at radius 1 is 0.800 bits per heavy atom. The highest BCUT2D eigenvalue weighted by molar-refractivity contribution is 7.19. The molecular weight excluding hydrogens is 412 g/mol. The van der Waals surface area contributed by atoms with E-state index < -0.39 is 5.97 Å². The topological polar surface area (TPSA) is 26.3 Å². The quantitative estimate of drug-likeness (QED) is 0.307. The van der Waals surface area contributed by atoms with Crippen LogP contribution >= 0.6 is 22.9 Å². The molecule has 4 aromatic rings. The SMILES string of the molecule is COC(=O)c1cc(Cl)ccc1-c1cc(-c2ccc(C)cc2)sc1-c1ccc(C)cc1. The lowest BCUT2D eigenvalue weighted by atomic mass is 9.96. The number of esters is 1. The standard InChI is InChI=1S/C26H21ClO2S/c1-16-4-8-18(9-5-16)24-15-22(25(30-24)19-10-6-17(2)7-11-19)21-13-12-20(27)14-23(21)26(28)29-3/h4-15H,1-3H3. The smallest absolute Gasteiger partial charge is 0.338 e. The number of thiophene rings is 1. The molecule has 0 bridgehead atoms. The first-order valence-corrected chi connectivity index (χ1v) is 10.8. The average Bonchev–Trinajstić information content (AvgIpc) is 3.19. The van der Waals surface area contributed by atoms with Gasteiger partial charge in [-0.3, -0.25) is 0 Å². The van der Waals surface area contributed by atoms with Crippen LogP contribution in [-0.4, -0.2) is 13.1 Å². The molecule has 0 N–H and O–H groups in total. The Hall–Kier alpha value is -2.88. The number of hydrogen-bond donors (Lipinski definition) is 0. The van der Waals surface area contributed by atoms with Crippen molar-refractivity contribution in [3.63, 3.8) is 0 Å². The number of benzene rings is 3. The lowest BCUT2D eigenvalue weighted by Gasteiger charge is -2.10. The molecule has 1 heterocycles. The van der Waals surface area contributed by atoms with Gasteiger partial charge in [-0.25, -0.2) is 4.79 Å². The second kappa shape index (κ2) is 8.47. The van der Waals surface area contributed by atoms with Crippen molar-refractivity contribution in [2.24, 2.45) is 0 Å². The maximum absolute atomic E-state index is 12.5. The van der Waals surface area contributed by atoms with E-state index in [9.17, 15) is 4.79 Å². The van der Waals surface area contributed by atoms with E-state index in [1.54, 1.807) is 17.4 Å². The zero-order chi connectivity index (χ0) is 21.3. The highest BCUT2D eigenvalue weighted by Gasteiger charge is 2.20. The Labute approximate surface area is 185 Å². The monoisotopic (exact) mass is 432 g/mol. The Kier molecular flexibility index (Phi) is 5.76. The van der Waals surface area contributed by atoms with Crippen LogP contribution in [0, 0.1) is 13.8 Å². The average molecular weight is 433 g/mol. The number of hydrogen-bond acceptors (Lipinski definition) is 3. The van der Waals surface area contributed by atoms with Crippen molar-refractivity contribution >= 4 is 28.9 Å². The molecule has 2 nitrogen and oxygen atoms in total. The van der Waals surface area contributed by atoms with E-state index >= 15 is 0 Å². The van der Waals surface area contributed by atoms with Crippen LogP contribution in [0.3, 0.4) is 0 Å². The Balaban J connectivity index is 1.95. The maximum Gasteiger partial charge on any atom is 0.338 e. The van der Waals surface area contributed by atoms with E-state index in [-0.39, 0.29) is 0 Å². The first-order chi connectivity index (χ1) is 14.5. The predicted molar refractivity (Wildman–Crippen MR) is 126 cm³/mol. The van der Waals surface area contributed by atoms with Crippen LogP contribution in [0.2, 0.25) is 5.02 Å². The van der Waals surface area contributed by atoms with Gasteiger partial charge in [0, 0.05) is 20.3 Å². The van der Waals surface area contributed by atoms with Gasteiger partial charge in [0.1, 0.15) is 0 Å². The number of carbonyl (C=O) groups is 1. The molecule has 0 saturated heterocycles. The van der Waals surface area contributed by atoms with Crippen LogP contribution in [-0.2, 0) is 4.74 Å². The van der Waals surface area contributed by atoms with Gasteiger partial charge in [0.15, 0.2) is 0 Å². The third kappa shape index (κ3) is 4.04. The van der Waals surface area contributed by atoms with E-state index in [1.807, 2.05) is 12.1 Å². The number of ether oxygens (including phenoxy) is 1. The highest BCUT2D eigenvalue weighted by atomic mass is 35.5. The summed E-state index contributed by atoms with van der Waals surface area (Å²) in [6.07, 6.45) is 0. The minimum absolute atomic E-state index is 0.398. The molecule has 0 aliphatic rings. The van der Waals surface area contributed by atoms with Crippen LogP contribution < -0.4 is 0 Å². The van der Waals surface area contributed by atoms with E-state index in [0.29, 0.717) is 10.6 Å². The fourth-order valence-electron chi connectivity index (χ4n) is 3.40. The molecule has 0 fully saturated rings. The Morgan fingerprint density at radius 2 is 1.40 bits per heavy atom. The summed E-state index contributed by atoms with van der Waals surface area (Å²) in [7, 11) is 1.39. The second-order valence-corrected chi connectivity index (χ2v) is 8.76. The molecule has 4 rings (SSSR count). The van der Waals surface area contributed by atoms with Gasteiger partial charge < -0.3 is 4.74 Å². The van der Waals surface area contributed by atoms with Gasteiger partial charge in [-0.15, -0.1) is 11.3 Å². The van der Waals surface area contributed by atoms with Gasteiger partial charge >= 0.3 is 5.97 Å². The summed E-state index contributed by atoms with van der Waals surface area (Å²) in [5.41, 5.74) is 6.97. The van der Waals surface area contributed by atoms with Crippen molar-refractivity contribution in [2.45, 2.75) is 13.8 Å². The van der Waals surface area contributed by atoms with Crippen LogP contribution in [0.25, 0.3) is 32.0 Å². The first kappa shape index (κ1) is 20.4. The van der Waals surface area contributed by atoms with Gasteiger partial charge in [-0.05, 0) is 48.7 Å². The Bertz CT molecular complexity index is 1210. The summed E-state index contributed by atoms with van der Waals surface area (Å²) in [6, 6.07) is 24.5. The molecule has 0 atom stereocenters. The second-order valence-electron chi connectivity index (χ2n) is 7.27. The summed E-state index contributed by atoms with van der Waals surface area (Å²) in [5.74, 6) is -0.398. The van der Waals surface area contributed by atoms with Crippen molar-refractivity contribution in [3.8, 4) is 32.0 Å². The number of halogens is 1. The molecule has 0 aliphatic heterocycles. The maximum atomic E-state index is 12.5. The van der Waals surface area contributed by atoms with Crippen LogP contribution in [0.4, 0.5) is 0 Å². The summed E-state index contributed by atoms with van der Waals surface area (Å²) in [4.78, 5) is 14.7. The molecule has 0 radical (unpaired) electrons. The van der Waals surface area contributed by atoms with E-state index in [2.05, 4.69) is 68.4 Å². The summed E-state index contributed by atoms with van der Waals surface area (Å²) >= 11 is 7.91. The summed E-state index contributed by atoms with van der Waals surface area (Å²) < 4.78 is 5.03. The van der Waals surface area contributed by atoms with Crippen LogP contribution in [0.5, 0.6) is 0 Å². The number of aryl methyl sites for hydroxylation is 2. The zero-order valence-corrected chi connectivity index (χ0v) is 18.6. The summed E-state index contributed by atoms with van der Waals surface area (Å²) in [5, 5.41) is 0.505. The molecule has 1 aromatic heterocycles. The lowest BCUT2D eigenvalue weighted by molar-refractivity contribution is 0.0601. The molecule has 0 saturated carbocycles. The molecule has 0 amide bonds. The van der Waals surface area contributed by atoms with Gasteiger partial charge in [0.05, 0.1) is 12.7 Å². The normalized spacial score (nSPS) is 10.8. The third-order valence-corrected chi connectivity index (χ3v) is 6.53. The number of methoxy groups -OCH3 is 1. The highest BCUT2D eigenvalue weighted by Crippen LogP contribution is 2.44. The molecule has 0 spiro atoms. The minimum Gasteiger partial charge on any atom is -0.465 e. The first-order valence-electron chi connectivity index (χ1n) is 9.62. The van der Waals surface area contributed by atoms with Gasteiger partial charge in [-0.1, -0.05) is 77.3 Å². The third-order valence-electron chi connectivity index (χ3n) is 5.06. The number of rotatable bonds is 4. The Morgan fingerprint density at radius 3 is 2.00 bits per heavy atom. The molecule has 150 valence electrons. The molecule has 0 aliphatic carbocycles. The van der Waals surface area contributed by atoms with Crippen LogP contribution in [0.1, 0.15) is 21.5 Å². The molecular formula is C26H21ClO2S. The molecule has 4 heteroatoms. The molecule has 30 heavy (non-hydrogen) atoms. The van der Waals surface area contributed by atoms with Crippen molar-refractivity contribution < 1.29 is 9.53 Å². The van der Waals surface area contributed by atoms with Gasteiger partial charge in [0.25, 0.3) is 0 Å². The largest absolute Gasteiger partial charge is 0.465 e.